The van der Waals surface area contributed by atoms with Gasteiger partial charge in [0.25, 0.3) is 0 Å². The standard InChI is InChI=1S/C10H12BrNO2/c1-14-10-5-7(3-2-4-12)8(11)6-9(10)13/h2-3,5-6,13H,4,12H2,1H3/b3-2+. The van der Waals surface area contributed by atoms with Crippen LogP contribution in [0.1, 0.15) is 5.56 Å². The van der Waals surface area contributed by atoms with Gasteiger partial charge in [0.15, 0.2) is 11.5 Å². The van der Waals surface area contributed by atoms with Crippen LogP contribution in [0.3, 0.4) is 0 Å². The second-order valence-electron chi connectivity index (χ2n) is 2.68. The number of hydrogen-bond acceptors (Lipinski definition) is 3. The van der Waals surface area contributed by atoms with E-state index in [1.165, 1.54) is 7.11 Å². The third-order valence-electron chi connectivity index (χ3n) is 1.73. The van der Waals surface area contributed by atoms with Crippen LogP contribution >= 0.6 is 15.9 Å². The fourth-order valence-electron chi connectivity index (χ4n) is 1.04. The van der Waals surface area contributed by atoms with E-state index in [0.29, 0.717) is 12.3 Å². The number of hydrogen-bond donors (Lipinski definition) is 2. The van der Waals surface area contributed by atoms with Gasteiger partial charge in [-0.2, -0.15) is 0 Å². The summed E-state index contributed by atoms with van der Waals surface area (Å²) in [5.74, 6) is 0.564. The van der Waals surface area contributed by atoms with E-state index in [9.17, 15) is 5.11 Å². The van der Waals surface area contributed by atoms with E-state index >= 15 is 0 Å². The summed E-state index contributed by atoms with van der Waals surface area (Å²) < 4.78 is 5.79. The van der Waals surface area contributed by atoms with E-state index in [-0.39, 0.29) is 5.75 Å². The summed E-state index contributed by atoms with van der Waals surface area (Å²) in [5, 5.41) is 9.44. The molecule has 0 radical (unpaired) electrons. The van der Waals surface area contributed by atoms with Crippen LogP contribution in [0.4, 0.5) is 0 Å². The van der Waals surface area contributed by atoms with Crippen molar-refractivity contribution in [1.29, 1.82) is 0 Å². The number of benzene rings is 1. The number of ether oxygens (including phenoxy) is 1. The summed E-state index contributed by atoms with van der Waals surface area (Å²) in [7, 11) is 1.51. The first kappa shape index (κ1) is 11.1. The van der Waals surface area contributed by atoms with Gasteiger partial charge in [-0.3, -0.25) is 0 Å². The maximum atomic E-state index is 9.44. The second kappa shape index (κ2) is 5.02. The SMILES string of the molecule is COc1cc(/C=C/CN)c(Br)cc1O. The minimum atomic E-state index is 0.115. The Kier molecular flexibility index (Phi) is 3.98. The van der Waals surface area contributed by atoms with E-state index in [1.54, 1.807) is 12.1 Å². The van der Waals surface area contributed by atoms with Crippen molar-refractivity contribution in [3.63, 3.8) is 0 Å². The number of aromatic hydroxyl groups is 1. The van der Waals surface area contributed by atoms with Gasteiger partial charge in [-0.15, -0.1) is 0 Å². The summed E-state index contributed by atoms with van der Waals surface area (Å²) in [6.45, 7) is 0.482. The third-order valence-corrected chi connectivity index (χ3v) is 2.42. The van der Waals surface area contributed by atoms with Crippen molar-refractivity contribution >= 4 is 22.0 Å². The van der Waals surface area contributed by atoms with Crippen molar-refractivity contribution in [1.82, 2.24) is 0 Å². The number of nitrogens with two attached hydrogens (primary N) is 1. The number of phenols is 1. The van der Waals surface area contributed by atoms with Crippen LogP contribution in [0.25, 0.3) is 6.08 Å². The molecular formula is C10H12BrNO2. The molecule has 0 aliphatic heterocycles. The molecule has 0 aliphatic carbocycles. The molecule has 3 N–H and O–H groups in total. The fourth-order valence-corrected chi connectivity index (χ4v) is 1.51. The highest BCUT2D eigenvalue weighted by atomic mass is 79.9. The molecule has 1 aromatic rings. The Bertz CT molecular complexity index is 350. The molecule has 0 fully saturated rings. The quantitative estimate of drug-likeness (QED) is 0.873. The summed E-state index contributed by atoms with van der Waals surface area (Å²) in [6.07, 6.45) is 3.70. The van der Waals surface area contributed by atoms with Crippen LogP contribution in [0.15, 0.2) is 22.7 Å². The van der Waals surface area contributed by atoms with Crippen LogP contribution in [0.2, 0.25) is 0 Å². The number of rotatable bonds is 3. The smallest absolute Gasteiger partial charge is 0.161 e. The predicted molar refractivity (Wildman–Crippen MR) is 60.4 cm³/mol. The largest absolute Gasteiger partial charge is 0.504 e. The summed E-state index contributed by atoms with van der Waals surface area (Å²) in [6, 6.07) is 3.33. The van der Waals surface area contributed by atoms with E-state index < -0.39 is 0 Å². The van der Waals surface area contributed by atoms with E-state index in [4.69, 9.17) is 10.5 Å². The molecule has 3 nitrogen and oxygen atoms in total. The average molecular weight is 258 g/mol. The molecule has 0 bridgehead atoms. The molecule has 14 heavy (non-hydrogen) atoms. The minimum absolute atomic E-state index is 0.115. The van der Waals surface area contributed by atoms with Crippen LogP contribution in [0.5, 0.6) is 11.5 Å². The van der Waals surface area contributed by atoms with E-state index in [1.807, 2.05) is 12.2 Å². The van der Waals surface area contributed by atoms with Crippen LogP contribution < -0.4 is 10.5 Å². The van der Waals surface area contributed by atoms with Gasteiger partial charge in [0.1, 0.15) is 0 Å². The zero-order chi connectivity index (χ0) is 10.6. The second-order valence-corrected chi connectivity index (χ2v) is 3.54. The number of methoxy groups -OCH3 is 1. The molecule has 1 rings (SSSR count). The van der Waals surface area contributed by atoms with Crippen molar-refractivity contribution < 1.29 is 9.84 Å². The van der Waals surface area contributed by atoms with Gasteiger partial charge in [-0.25, -0.2) is 0 Å². The maximum Gasteiger partial charge on any atom is 0.161 e. The highest BCUT2D eigenvalue weighted by Crippen LogP contribution is 2.32. The highest BCUT2D eigenvalue weighted by Gasteiger charge is 2.05. The van der Waals surface area contributed by atoms with Gasteiger partial charge in [0.2, 0.25) is 0 Å². The van der Waals surface area contributed by atoms with E-state index in [2.05, 4.69) is 15.9 Å². The highest BCUT2D eigenvalue weighted by molar-refractivity contribution is 9.10. The van der Waals surface area contributed by atoms with Crippen molar-refractivity contribution in [2.45, 2.75) is 0 Å². The molecule has 4 heteroatoms. The zero-order valence-electron chi connectivity index (χ0n) is 7.83. The summed E-state index contributed by atoms with van der Waals surface area (Å²) in [4.78, 5) is 0. The molecule has 0 heterocycles. The molecule has 0 spiro atoms. The maximum absolute atomic E-state index is 9.44. The Morgan fingerprint density at radius 1 is 1.57 bits per heavy atom. The monoisotopic (exact) mass is 257 g/mol. The van der Waals surface area contributed by atoms with Gasteiger partial charge >= 0.3 is 0 Å². The molecule has 0 atom stereocenters. The lowest BCUT2D eigenvalue weighted by atomic mass is 10.2. The molecule has 0 aromatic heterocycles. The first-order valence-electron chi connectivity index (χ1n) is 4.12. The summed E-state index contributed by atoms with van der Waals surface area (Å²) in [5.41, 5.74) is 6.27. The van der Waals surface area contributed by atoms with Crippen molar-refractivity contribution in [3.8, 4) is 11.5 Å². The van der Waals surface area contributed by atoms with Gasteiger partial charge in [0, 0.05) is 11.0 Å². The van der Waals surface area contributed by atoms with Gasteiger partial charge in [0.05, 0.1) is 7.11 Å². The van der Waals surface area contributed by atoms with Crippen molar-refractivity contribution in [2.24, 2.45) is 5.73 Å². The van der Waals surface area contributed by atoms with Crippen LogP contribution in [-0.4, -0.2) is 18.8 Å². The zero-order valence-corrected chi connectivity index (χ0v) is 9.41. The summed E-state index contributed by atoms with van der Waals surface area (Å²) >= 11 is 3.33. The molecule has 0 aliphatic rings. The first-order valence-corrected chi connectivity index (χ1v) is 4.91. The number of phenolic OH excluding ortho intramolecular Hbond substituents is 1. The molecule has 0 amide bonds. The Morgan fingerprint density at radius 3 is 2.86 bits per heavy atom. The number of halogens is 1. The fraction of sp³-hybridized carbons (Fsp3) is 0.200. The lowest BCUT2D eigenvalue weighted by Crippen LogP contribution is -1.92. The lowest BCUT2D eigenvalue weighted by molar-refractivity contribution is 0.373. The van der Waals surface area contributed by atoms with Crippen LogP contribution in [-0.2, 0) is 0 Å². The van der Waals surface area contributed by atoms with Crippen LogP contribution in [0, 0.1) is 0 Å². The minimum Gasteiger partial charge on any atom is -0.504 e. The van der Waals surface area contributed by atoms with Crippen molar-refractivity contribution in [2.75, 3.05) is 13.7 Å². The molecule has 0 unspecified atom stereocenters. The Morgan fingerprint density at radius 2 is 2.29 bits per heavy atom. The lowest BCUT2D eigenvalue weighted by Gasteiger charge is -2.06. The molecule has 1 aromatic carbocycles. The normalized spacial score (nSPS) is 10.8. The van der Waals surface area contributed by atoms with Gasteiger partial charge < -0.3 is 15.6 Å². The Labute approximate surface area is 91.3 Å². The first-order chi connectivity index (χ1) is 6.69. The topological polar surface area (TPSA) is 55.5 Å². The van der Waals surface area contributed by atoms with E-state index in [0.717, 1.165) is 10.0 Å². The Hall–Kier alpha value is -1.00. The van der Waals surface area contributed by atoms with Crippen molar-refractivity contribution in [3.05, 3.63) is 28.2 Å². The third kappa shape index (κ3) is 2.49. The molecular weight excluding hydrogens is 246 g/mol. The van der Waals surface area contributed by atoms with Gasteiger partial charge in [-0.05, 0) is 17.7 Å². The predicted octanol–water partition coefficient (Wildman–Crippen LogP) is 2.14. The molecule has 76 valence electrons. The van der Waals surface area contributed by atoms with Gasteiger partial charge in [-0.1, -0.05) is 28.1 Å². The molecule has 0 saturated carbocycles. The average Bonchev–Trinajstić information content (AvgIpc) is 2.17. The molecule has 0 saturated heterocycles. The Balaban J connectivity index is 3.10.